The van der Waals surface area contributed by atoms with Crippen LogP contribution in [0.25, 0.3) is 0 Å². The van der Waals surface area contributed by atoms with Crippen molar-refractivity contribution in [3.63, 3.8) is 0 Å². The first-order valence-electron chi connectivity index (χ1n) is 7.87. The molecule has 2 aromatic carbocycles. The van der Waals surface area contributed by atoms with Gasteiger partial charge in [-0.25, -0.2) is 4.99 Å². The monoisotopic (exact) mass is 438 g/mol. The number of thioether (sulfide) groups is 1. The summed E-state index contributed by atoms with van der Waals surface area (Å²) in [5.41, 5.74) is 2.21. The summed E-state index contributed by atoms with van der Waals surface area (Å²) >= 11 is 11.3. The van der Waals surface area contributed by atoms with Crippen LogP contribution in [-0.2, 0) is 0 Å². The Morgan fingerprint density at radius 3 is 2.80 bits per heavy atom. The first kappa shape index (κ1) is 20.0. The van der Waals surface area contributed by atoms with E-state index in [1.165, 1.54) is 11.8 Å². The fourth-order valence-corrected chi connectivity index (χ4v) is 3.69. The molecule has 0 bridgehead atoms. The number of benzene rings is 2. The highest BCUT2D eigenvalue weighted by Crippen LogP contribution is 2.30. The molecule has 132 valence electrons. The molecule has 25 heavy (non-hydrogen) atoms. The van der Waals surface area contributed by atoms with E-state index in [1.54, 1.807) is 12.4 Å². The molecule has 0 spiro atoms. The lowest BCUT2D eigenvalue weighted by Gasteiger charge is -2.10. The molecule has 0 N–H and O–H groups in total. The maximum atomic E-state index is 12.6. The Bertz CT molecular complexity index is 795. The third kappa shape index (κ3) is 5.87. The number of ketones is 1. The molecule has 0 saturated carbocycles. The lowest BCUT2D eigenvalue weighted by molar-refractivity contribution is 0.102. The summed E-state index contributed by atoms with van der Waals surface area (Å²) in [5, 5.41) is 0.488. The molecule has 0 aliphatic carbocycles. The van der Waals surface area contributed by atoms with E-state index in [4.69, 9.17) is 11.6 Å². The van der Waals surface area contributed by atoms with Crippen LogP contribution >= 0.6 is 39.3 Å². The van der Waals surface area contributed by atoms with Crippen LogP contribution in [0.15, 0.2) is 50.8 Å². The lowest BCUT2D eigenvalue weighted by Crippen LogP contribution is -2.14. The van der Waals surface area contributed by atoms with Crippen molar-refractivity contribution in [2.24, 2.45) is 4.99 Å². The topological polar surface area (TPSA) is 32.7 Å². The minimum atomic E-state index is 0.0607. The van der Waals surface area contributed by atoms with Gasteiger partial charge in [-0.2, -0.15) is 0 Å². The molecule has 0 radical (unpaired) electrons. The third-order valence-corrected chi connectivity index (χ3v) is 5.44. The van der Waals surface area contributed by atoms with Gasteiger partial charge in [-0.05, 0) is 49.7 Å². The molecule has 0 saturated heterocycles. The Morgan fingerprint density at radius 2 is 2.12 bits per heavy atom. The van der Waals surface area contributed by atoms with Crippen molar-refractivity contribution in [2.75, 3.05) is 19.3 Å². The first-order chi connectivity index (χ1) is 11.9. The van der Waals surface area contributed by atoms with Crippen LogP contribution in [0.3, 0.4) is 0 Å². The maximum Gasteiger partial charge on any atom is 0.173 e. The van der Waals surface area contributed by atoms with E-state index < -0.39 is 0 Å². The van der Waals surface area contributed by atoms with Gasteiger partial charge >= 0.3 is 0 Å². The Morgan fingerprint density at radius 1 is 1.36 bits per heavy atom. The van der Waals surface area contributed by atoms with Crippen LogP contribution in [0.4, 0.5) is 5.69 Å². The zero-order valence-electron chi connectivity index (χ0n) is 14.4. The number of halogens is 2. The van der Waals surface area contributed by atoms with Gasteiger partial charge in [0.15, 0.2) is 5.78 Å². The van der Waals surface area contributed by atoms with E-state index in [-0.39, 0.29) is 5.78 Å². The molecular formula is C19H20BrClN2OS. The van der Waals surface area contributed by atoms with E-state index in [0.717, 1.165) is 21.5 Å². The minimum Gasteiger partial charge on any atom is -0.366 e. The van der Waals surface area contributed by atoms with Gasteiger partial charge in [0.2, 0.25) is 0 Å². The average Bonchev–Trinajstić information content (AvgIpc) is 2.59. The summed E-state index contributed by atoms with van der Waals surface area (Å²) in [6.07, 6.45) is 1.74. The second-order valence-corrected chi connectivity index (χ2v) is 7.98. The molecule has 0 aliphatic rings. The molecule has 6 heteroatoms. The molecule has 2 rings (SSSR count). The molecule has 0 heterocycles. The quantitative estimate of drug-likeness (QED) is 0.230. The Kier molecular flexibility index (Phi) is 7.54. The summed E-state index contributed by atoms with van der Waals surface area (Å²) in [6, 6.07) is 11.5. The summed E-state index contributed by atoms with van der Waals surface area (Å²) < 4.78 is 1.00. The fraction of sp³-hybridized carbons (Fsp3) is 0.263. The smallest absolute Gasteiger partial charge is 0.173 e. The summed E-state index contributed by atoms with van der Waals surface area (Å²) in [4.78, 5) is 20.0. The van der Waals surface area contributed by atoms with Crippen LogP contribution in [0.5, 0.6) is 0 Å². The molecule has 2 aromatic rings. The van der Waals surface area contributed by atoms with Gasteiger partial charge < -0.3 is 4.90 Å². The van der Waals surface area contributed by atoms with E-state index in [9.17, 15) is 4.79 Å². The van der Waals surface area contributed by atoms with Gasteiger partial charge in [-0.1, -0.05) is 33.6 Å². The molecule has 3 nitrogen and oxygen atoms in total. The number of carbonyl (C=O) groups is 1. The standard InChI is InChI=1S/C19H20BrClN2OS/c1-4-23(3)12-22-18-8-13(2)16(10-17(18)21)19(24)11-25-15-7-5-6-14(20)9-15/h5-10,12H,4,11H2,1-3H3. The molecule has 0 aliphatic heterocycles. The van der Waals surface area contributed by atoms with E-state index >= 15 is 0 Å². The van der Waals surface area contributed by atoms with Gasteiger partial charge in [0, 0.05) is 28.5 Å². The first-order valence-corrected chi connectivity index (χ1v) is 10.0. The van der Waals surface area contributed by atoms with Crippen molar-refractivity contribution >= 4 is 57.1 Å². The number of nitrogens with zero attached hydrogens (tertiary/aromatic N) is 2. The van der Waals surface area contributed by atoms with Crippen LogP contribution in [0.2, 0.25) is 5.02 Å². The van der Waals surface area contributed by atoms with Crippen molar-refractivity contribution in [3.8, 4) is 0 Å². The highest BCUT2D eigenvalue weighted by molar-refractivity contribution is 9.10. The normalized spacial score (nSPS) is 11.1. The number of aryl methyl sites for hydroxylation is 1. The predicted molar refractivity (Wildman–Crippen MR) is 112 cm³/mol. The van der Waals surface area contributed by atoms with Gasteiger partial charge in [0.1, 0.15) is 0 Å². The number of hydrogen-bond acceptors (Lipinski definition) is 3. The third-order valence-electron chi connectivity index (χ3n) is 3.65. The highest BCUT2D eigenvalue weighted by Gasteiger charge is 2.13. The second kappa shape index (κ2) is 9.41. The largest absolute Gasteiger partial charge is 0.366 e. The Balaban J connectivity index is 2.12. The van der Waals surface area contributed by atoms with Gasteiger partial charge in [-0.3, -0.25) is 4.79 Å². The molecule has 0 amide bonds. The fourth-order valence-electron chi connectivity index (χ4n) is 2.09. The maximum absolute atomic E-state index is 12.6. The van der Waals surface area contributed by atoms with Crippen LogP contribution in [0, 0.1) is 6.92 Å². The molecular weight excluding hydrogens is 420 g/mol. The second-order valence-electron chi connectivity index (χ2n) is 5.61. The number of hydrogen-bond donors (Lipinski definition) is 0. The van der Waals surface area contributed by atoms with E-state index in [2.05, 4.69) is 20.9 Å². The van der Waals surface area contributed by atoms with Crippen LogP contribution in [-0.4, -0.2) is 36.4 Å². The van der Waals surface area contributed by atoms with Crippen molar-refractivity contribution in [2.45, 2.75) is 18.7 Å². The van der Waals surface area contributed by atoms with Crippen molar-refractivity contribution in [1.29, 1.82) is 0 Å². The van der Waals surface area contributed by atoms with Gasteiger partial charge in [0.25, 0.3) is 0 Å². The Hall–Kier alpha value is -1.30. The minimum absolute atomic E-state index is 0.0607. The molecule has 0 fully saturated rings. The van der Waals surface area contributed by atoms with Crippen LogP contribution in [0.1, 0.15) is 22.8 Å². The number of Topliss-reactive ketones (excluding diaryl/α,β-unsaturated/α-hetero) is 1. The predicted octanol–water partition coefficient (Wildman–Crippen LogP) is 6.00. The van der Waals surface area contributed by atoms with Gasteiger partial charge in [0.05, 0.1) is 22.8 Å². The summed E-state index contributed by atoms with van der Waals surface area (Å²) in [6.45, 7) is 4.82. The van der Waals surface area contributed by atoms with Crippen molar-refractivity contribution in [1.82, 2.24) is 4.90 Å². The van der Waals surface area contributed by atoms with Crippen molar-refractivity contribution in [3.05, 3.63) is 57.0 Å². The van der Waals surface area contributed by atoms with E-state index in [0.29, 0.717) is 22.0 Å². The Labute approximate surface area is 166 Å². The number of carbonyl (C=O) groups excluding carboxylic acids is 1. The number of rotatable bonds is 7. The lowest BCUT2D eigenvalue weighted by atomic mass is 10.0. The SMILES string of the molecule is CCN(C)C=Nc1cc(C)c(C(=O)CSc2cccc(Br)c2)cc1Cl. The summed E-state index contributed by atoms with van der Waals surface area (Å²) in [5.74, 6) is 0.431. The van der Waals surface area contributed by atoms with Crippen molar-refractivity contribution < 1.29 is 4.79 Å². The zero-order valence-corrected chi connectivity index (χ0v) is 17.6. The van der Waals surface area contributed by atoms with Crippen LogP contribution < -0.4 is 0 Å². The number of aliphatic imine (C=N–C) groups is 1. The van der Waals surface area contributed by atoms with E-state index in [1.807, 2.05) is 56.1 Å². The van der Waals surface area contributed by atoms with Gasteiger partial charge in [-0.15, -0.1) is 11.8 Å². The molecule has 0 unspecified atom stereocenters. The molecule has 0 atom stereocenters. The summed E-state index contributed by atoms with van der Waals surface area (Å²) in [7, 11) is 1.95. The highest BCUT2D eigenvalue weighted by atomic mass is 79.9. The zero-order chi connectivity index (χ0) is 18.4. The molecule has 0 aromatic heterocycles. The average molecular weight is 440 g/mol.